The maximum atomic E-state index is 12.4. The Hall–Kier alpha value is -2.06. The fourth-order valence-electron chi connectivity index (χ4n) is 2.30. The number of urea groups is 1. The summed E-state index contributed by atoms with van der Waals surface area (Å²) in [7, 11) is 0. The fourth-order valence-corrected chi connectivity index (χ4v) is 3.44. The van der Waals surface area contributed by atoms with Gasteiger partial charge in [-0.3, -0.25) is 4.79 Å². The molecule has 0 aliphatic carbocycles. The topological polar surface area (TPSA) is 79.5 Å². The summed E-state index contributed by atoms with van der Waals surface area (Å²) in [5.41, 5.74) is 7.05. The number of aromatic nitrogens is 1. The Balaban J connectivity index is 1.73. The van der Waals surface area contributed by atoms with E-state index in [-0.39, 0.29) is 0 Å². The lowest BCUT2D eigenvalue weighted by Crippen LogP contribution is -2.43. The van der Waals surface area contributed by atoms with E-state index >= 15 is 0 Å². The summed E-state index contributed by atoms with van der Waals surface area (Å²) >= 11 is 5.44. The first kappa shape index (κ1) is 14.9. The Morgan fingerprint density at radius 1 is 1.32 bits per heavy atom. The number of nitrogens with two attached hydrogens (primary N) is 1. The number of amides is 3. The number of thiol groups is 1. The number of hydrogen-bond acceptors (Lipinski definition) is 6. The summed E-state index contributed by atoms with van der Waals surface area (Å²) in [6, 6.07) is 8.16. The number of nitrogens with zero attached hydrogens (tertiary/aromatic N) is 3. The molecule has 114 valence electrons. The summed E-state index contributed by atoms with van der Waals surface area (Å²) in [6.45, 7) is 0.899. The van der Waals surface area contributed by atoms with Crippen molar-refractivity contribution < 1.29 is 9.59 Å². The van der Waals surface area contributed by atoms with Crippen molar-refractivity contribution in [1.29, 1.82) is 0 Å². The lowest BCUT2D eigenvalue weighted by atomic mass is 10.2. The summed E-state index contributed by atoms with van der Waals surface area (Å²) in [4.78, 5) is 31.5. The van der Waals surface area contributed by atoms with Crippen molar-refractivity contribution in [1.82, 2.24) is 14.2 Å². The highest BCUT2D eigenvalue weighted by Crippen LogP contribution is 2.27. The summed E-state index contributed by atoms with van der Waals surface area (Å²) in [5.74, 6) is -0.441. The molecular weight excluding hydrogens is 320 g/mol. The van der Waals surface area contributed by atoms with Crippen LogP contribution in [-0.4, -0.2) is 32.7 Å². The summed E-state index contributed by atoms with van der Waals surface area (Å²) < 4.78 is 0.852. The van der Waals surface area contributed by atoms with E-state index in [1.807, 2.05) is 6.07 Å². The second-order valence-corrected chi connectivity index (χ2v) is 6.37. The van der Waals surface area contributed by atoms with Gasteiger partial charge < -0.3 is 10.6 Å². The number of carbonyl (C=O) groups is 2. The summed E-state index contributed by atoms with van der Waals surface area (Å²) in [6.07, 6.45) is 0.635. The monoisotopic (exact) mass is 334 g/mol. The molecule has 8 heteroatoms. The molecule has 3 rings (SSSR count). The summed E-state index contributed by atoms with van der Waals surface area (Å²) in [5, 5.41) is 0.502. The number of nitrogen functional groups attached to an aromatic ring is 1. The number of thiazole rings is 1. The zero-order chi connectivity index (χ0) is 15.7. The molecular formula is C14H14N4O2S2. The number of anilines is 1. The van der Waals surface area contributed by atoms with Crippen LogP contribution in [0, 0.1) is 0 Å². The molecule has 0 spiro atoms. The number of benzene rings is 1. The van der Waals surface area contributed by atoms with Gasteiger partial charge in [0.2, 0.25) is 0 Å². The Bertz CT molecular complexity index is 717. The third kappa shape index (κ3) is 2.79. The molecule has 0 atom stereocenters. The van der Waals surface area contributed by atoms with E-state index in [4.69, 9.17) is 5.73 Å². The molecule has 1 aromatic heterocycles. The minimum atomic E-state index is -0.441. The molecule has 2 N–H and O–H groups in total. The van der Waals surface area contributed by atoms with E-state index in [1.165, 1.54) is 11.3 Å². The number of rotatable bonds is 1. The Morgan fingerprint density at radius 2 is 2.05 bits per heavy atom. The smallest absolute Gasteiger partial charge is 0.337 e. The number of hydrogen-bond donors (Lipinski definition) is 2. The zero-order valence-electron chi connectivity index (χ0n) is 11.6. The van der Waals surface area contributed by atoms with Crippen LogP contribution in [0.2, 0.25) is 0 Å². The highest BCUT2D eigenvalue weighted by atomic mass is 32.1. The highest BCUT2D eigenvalue weighted by Gasteiger charge is 2.29. The van der Waals surface area contributed by atoms with Crippen molar-refractivity contribution in [2.75, 3.05) is 12.3 Å². The molecule has 0 radical (unpaired) electrons. The van der Waals surface area contributed by atoms with Gasteiger partial charge in [-0.05, 0) is 12.1 Å². The van der Waals surface area contributed by atoms with E-state index in [0.717, 1.165) is 14.9 Å². The third-order valence-corrected chi connectivity index (χ3v) is 4.68. The largest absolute Gasteiger partial charge is 0.375 e. The molecule has 3 amide bonds. The molecule has 22 heavy (non-hydrogen) atoms. The van der Waals surface area contributed by atoms with Crippen molar-refractivity contribution in [2.45, 2.75) is 13.0 Å². The van der Waals surface area contributed by atoms with Gasteiger partial charge in [-0.2, -0.15) is 0 Å². The number of carbonyl (C=O) groups excluding carboxylic acids is 2. The fraction of sp³-hybridized carbons (Fsp3) is 0.214. The third-order valence-electron chi connectivity index (χ3n) is 3.41. The van der Waals surface area contributed by atoms with Gasteiger partial charge in [0, 0.05) is 23.4 Å². The highest BCUT2D eigenvalue weighted by molar-refractivity contribution is 7.79. The standard InChI is InChI=1S/C14H14N4O2S2/c15-13-16-10-6-7-17(8-11(10)22-13)14(20)18(21)12(19)9-4-2-1-3-5-9/h1-5,21H,6-8H2,(H2,15,16). The Morgan fingerprint density at radius 3 is 2.77 bits per heavy atom. The van der Waals surface area contributed by atoms with Crippen LogP contribution >= 0.6 is 24.2 Å². The van der Waals surface area contributed by atoms with Crippen LogP contribution in [-0.2, 0) is 13.0 Å². The second-order valence-electron chi connectivity index (χ2n) is 4.86. The maximum absolute atomic E-state index is 12.4. The van der Waals surface area contributed by atoms with Gasteiger partial charge in [-0.25, -0.2) is 14.1 Å². The predicted molar refractivity (Wildman–Crippen MR) is 87.6 cm³/mol. The molecule has 0 bridgehead atoms. The van der Waals surface area contributed by atoms with Crippen molar-refractivity contribution in [3.63, 3.8) is 0 Å². The molecule has 2 heterocycles. The van der Waals surface area contributed by atoms with Gasteiger partial charge in [0.05, 0.1) is 12.2 Å². The zero-order valence-corrected chi connectivity index (χ0v) is 13.3. The molecule has 6 nitrogen and oxygen atoms in total. The number of imide groups is 1. The lowest BCUT2D eigenvalue weighted by Gasteiger charge is -2.28. The first-order valence-corrected chi connectivity index (χ1v) is 7.89. The SMILES string of the molecule is Nc1nc2c(s1)CN(C(=O)N(S)C(=O)c1ccccc1)CC2. The average Bonchev–Trinajstić information content (AvgIpc) is 2.92. The van der Waals surface area contributed by atoms with Crippen LogP contribution in [0.1, 0.15) is 20.9 Å². The van der Waals surface area contributed by atoms with Crippen molar-refractivity contribution in [3.05, 3.63) is 46.5 Å². The van der Waals surface area contributed by atoms with E-state index < -0.39 is 11.9 Å². The lowest BCUT2D eigenvalue weighted by molar-refractivity contribution is 0.0868. The maximum Gasteiger partial charge on any atom is 0.337 e. The molecule has 1 aliphatic heterocycles. The Kier molecular flexibility index (Phi) is 4.04. The quantitative estimate of drug-likeness (QED) is 0.784. The Labute approximate surface area is 137 Å². The van der Waals surface area contributed by atoms with Gasteiger partial charge in [0.15, 0.2) is 5.13 Å². The molecule has 0 saturated heterocycles. The first-order chi connectivity index (χ1) is 10.6. The van der Waals surface area contributed by atoms with Crippen molar-refractivity contribution in [3.8, 4) is 0 Å². The van der Waals surface area contributed by atoms with Gasteiger partial charge in [0.1, 0.15) is 0 Å². The molecule has 0 saturated carbocycles. The minimum absolute atomic E-state index is 0.405. The van der Waals surface area contributed by atoms with Crippen LogP contribution in [0.3, 0.4) is 0 Å². The van der Waals surface area contributed by atoms with Crippen LogP contribution in [0.4, 0.5) is 9.93 Å². The van der Waals surface area contributed by atoms with Gasteiger partial charge >= 0.3 is 6.03 Å². The molecule has 0 unspecified atom stereocenters. The van der Waals surface area contributed by atoms with Crippen molar-refractivity contribution >= 4 is 41.2 Å². The molecule has 1 aliphatic rings. The van der Waals surface area contributed by atoms with E-state index in [9.17, 15) is 9.59 Å². The van der Waals surface area contributed by atoms with Crippen LogP contribution < -0.4 is 5.73 Å². The van der Waals surface area contributed by atoms with E-state index in [0.29, 0.717) is 30.2 Å². The van der Waals surface area contributed by atoms with Crippen LogP contribution in [0.5, 0.6) is 0 Å². The van der Waals surface area contributed by atoms with Gasteiger partial charge in [-0.1, -0.05) is 31.0 Å². The normalized spacial score (nSPS) is 13.6. The van der Waals surface area contributed by atoms with Crippen LogP contribution in [0.25, 0.3) is 0 Å². The van der Waals surface area contributed by atoms with E-state index in [2.05, 4.69) is 17.8 Å². The van der Waals surface area contributed by atoms with Crippen LogP contribution in [0.15, 0.2) is 30.3 Å². The minimum Gasteiger partial charge on any atom is -0.375 e. The molecule has 0 fully saturated rings. The van der Waals surface area contributed by atoms with Gasteiger partial charge in [-0.15, -0.1) is 11.3 Å². The van der Waals surface area contributed by atoms with E-state index in [1.54, 1.807) is 29.2 Å². The molecule has 2 aromatic rings. The number of fused-ring (bicyclic) bond motifs is 1. The second kappa shape index (κ2) is 5.98. The van der Waals surface area contributed by atoms with Gasteiger partial charge in [0.25, 0.3) is 5.91 Å². The first-order valence-electron chi connectivity index (χ1n) is 6.67. The molecule has 1 aromatic carbocycles. The van der Waals surface area contributed by atoms with Crippen molar-refractivity contribution in [2.24, 2.45) is 0 Å². The average molecular weight is 334 g/mol. The predicted octanol–water partition coefficient (Wildman–Crippen LogP) is 2.19.